The lowest BCUT2D eigenvalue weighted by atomic mass is 10.1. The van der Waals surface area contributed by atoms with E-state index in [1.807, 2.05) is 41.0 Å². The van der Waals surface area contributed by atoms with Crippen molar-refractivity contribution in [3.63, 3.8) is 0 Å². The summed E-state index contributed by atoms with van der Waals surface area (Å²) in [5, 5.41) is 12.8. The first-order valence-electron chi connectivity index (χ1n) is 9.92. The van der Waals surface area contributed by atoms with Gasteiger partial charge in [0.1, 0.15) is 0 Å². The predicted octanol–water partition coefficient (Wildman–Crippen LogP) is 5.86. The Kier molecular flexibility index (Phi) is 8.11. The zero-order valence-corrected chi connectivity index (χ0v) is 18.5. The van der Waals surface area contributed by atoms with E-state index >= 15 is 0 Å². The number of thioether (sulfide) groups is 1. The van der Waals surface area contributed by atoms with Crippen LogP contribution in [-0.4, -0.2) is 26.4 Å². The van der Waals surface area contributed by atoms with Crippen molar-refractivity contribution in [3.05, 3.63) is 71.8 Å². The first kappa shape index (κ1) is 22.1. The van der Waals surface area contributed by atoms with Gasteiger partial charge in [0.2, 0.25) is 5.91 Å². The number of hydrogen-bond donors (Lipinski definition) is 1. The number of allylic oxidation sites excluding steroid dienone is 1. The average Bonchev–Trinajstić information content (AvgIpc) is 3.15. The lowest BCUT2D eigenvalue weighted by molar-refractivity contribution is -0.113. The maximum atomic E-state index is 12.4. The molecule has 3 aromatic rings. The molecule has 0 unspecified atom stereocenters. The van der Waals surface area contributed by atoms with E-state index in [9.17, 15) is 4.79 Å². The summed E-state index contributed by atoms with van der Waals surface area (Å²) in [7, 11) is 0. The minimum Gasteiger partial charge on any atom is -0.325 e. The number of halogens is 1. The van der Waals surface area contributed by atoms with Crippen LogP contribution in [0.4, 0.5) is 5.69 Å². The van der Waals surface area contributed by atoms with Gasteiger partial charge in [-0.2, -0.15) is 0 Å². The number of carbonyl (C=O) groups is 1. The highest BCUT2D eigenvalue weighted by Crippen LogP contribution is 2.25. The van der Waals surface area contributed by atoms with Crippen LogP contribution in [0.1, 0.15) is 25.3 Å². The first-order chi connectivity index (χ1) is 14.6. The monoisotopic (exact) mass is 440 g/mol. The Balaban J connectivity index is 1.62. The molecule has 2 aromatic carbocycles. The number of nitrogens with one attached hydrogen (secondary N) is 1. The molecule has 5 nitrogen and oxygen atoms in total. The van der Waals surface area contributed by atoms with Crippen LogP contribution in [0.3, 0.4) is 0 Å². The van der Waals surface area contributed by atoms with E-state index in [0.717, 1.165) is 23.5 Å². The number of anilines is 1. The average molecular weight is 441 g/mol. The normalized spacial score (nSPS) is 10.7. The Hall–Kier alpha value is -2.57. The molecule has 1 N–H and O–H groups in total. The quantitative estimate of drug-likeness (QED) is 0.317. The lowest BCUT2D eigenvalue weighted by Crippen LogP contribution is -2.14. The van der Waals surface area contributed by atoms with Crippen LogP contribution in [-0.2, 0) is 17.8 Å². The van der Waals surface area contributed by atoms with Crippen LogP contribution in [0.2, 0.25) is 5.02 Å². The van der Waals surface area contributed by atoms with E-state index in [0.29, 0.717) is 16.7 Å². The van der Waals surface area contributed by atoms with E-state index in [1.54, 1.807) is 6.08 Å². The van der Waals surface area contributed by atoms with Crippen LogP contribution < -0.4 is 5.32 Å². The fourth-order valence-electron chi connectivity index (χ4n) is 2.96. The van der Waals surface area contributed by atoms with Gasteiger partial charge in [-0.25, -0.2) is 0 Å². The van der Waals surface area contributed by atoms with Crippen molar-refractivity contribution >= 4 is 35.0 Å². The van der Waals surface area contributed by atoms with Crippen LogP contribution in [0, 0.1) is 0 Å². The number of aryl methyl sites for hydroxylation is 1. The molecule has 0 radical (unpaired) electrons. The molecule has 1 aromatic heterocycles. The number of unbranched alkanes of at least 4 members (excludes halogenated alkanes) is 1. The van der Waals surface area contributed by atoms with Crippen molar-refractivity contribution in [1.82, 2.24) is 14.8 Å². The number of amides is 1. The molecule has 0 aliphatic rings. The van der Waals surface area contributed by atoms with Crippen molar-refractivity contribution in [3.8, 4) is 11.4 Å². The van der Waals surface area contributed by atoms with E-state index < -0.39 is 0 Å². The molecular formula is C23H25ClN4OS. The second-order valence-electron chi connectivity index (χ2n) is 6.85. The molecule has 0 saturated heterocycles. The molecule has 156 valence electrons. The van der Waals surface area contributed by atoms with Crippen LogP contribution in [0.25, 0.3) is 11.4 Å². The summed E-state index contributed by atoms with van der Waals surface area (Å²) in [5.41, 5.74) is 3.00. The van der Waals surface area contributed by atoms with Crippen molar-refractivity contribution in [2.45, 2.75) is 37.9 Å². The van der Waals surface area contributed by atoms with Gasteiger partial charge in [0.15, 0.2) is 11.0 Å². The lowest BCUT2D eigenvalue weighted by Gasteiger charge is -2.09. The van der Waals surface area contributed by atoms with Gasteiger partial charge in [-0.15, -0.1) is 16.8 Å². The summed E-state index contributed by atoms with van der Waals surface area (Å²) in [6, 6.07) is 15.5. The van der Waals surface area contributed by atoms with E-state index in [1.165, 1.54) is 30.2 Å². The van der Waals surface area contributed by atoms with Crippen LogP contribution in [0.5, 0.6) is 0 Å². The number of aromatic nitrogens is 3. The Morgan fingerprint density at radius 2 is 1.90 bits per heavy atom. The largest absolute Gasteiger partial charge is 0.325 e. The van der Waals surface area contributed by atoms with Gasteiger partial charge in [0, 0.05) is 22.8 Å². The molecule has 0 atom stereocenters. The molecule has 0 saturated carbocycles. The summed E-state index contributed by atoms with van der Waals surface area (Å²) < 4.78 is 1.94. The van der Waals surface area contributed by atoms with E-state index in [-0.39, 0.29) is 11.7 Å². The number of nitrogens with zero attached hydrogens (tertiary/aromatic N) is 3. The highest BCUT2D eigenvalue weighted by molar-refractivity contribution is 7.99. The standard InChI is InChI=1S/C23H25ClN4OS/c1-3-5-6-17-7-13-20(14-8-17)25-21(29)16-30-23-27-26-22(28(23)15-4-2)18-9-11-19(24)12-10-18/h4,7-14H,2-3,5-6,15-16H2,1H3,(H,25,29). The van der Waals surface area contributed by atoms with Gasteiger partial charge >= 0.3 is 0 Å². The Morgan fingerprint density at radius 1 is 1.17 bits per heavy atom. The minimum atomic E-state index is -0.0810. The molecule has 0 spiro atoms. The fourth-order valence-corrected chi connectivity index (χ4v) is 3.84. The van der Waals surface area contributed by atoms with E-state index in [2.05, 4.69) is 41.1 Å². The fraction of sp³-hybridized carbons (Fsp3) is 0.261. The van der Waals surface area contributed by atoms with Crippen molar-refractivity contribution in [2.24, 2.45) is 0 Å². The van der Waals surface area contributed by atoms with Gasteiger partial charge in [-0.1, -0.05) is 54.9 Å². The molecule has 1 amide bonds. The molecule has 0 aliphatic carbocycles. The third-order valence-corrected chi connectivity index (χ3v) is 5.74. The smallest absolute Gasteiger partial charge is 0.234 e. The zero-order valence-electron chi connectivity index (χ0n) is 17.0. The maximum absolute atomic E-state index is 12.4. The Bertz CT molecular complexity index is 983. The number of rotatable bonds is 10. The van der Waals surface area contributed by atoms with E-state index in [4.69, 9.17) is 11.6 Å². The number of benzene rings is 2. The summed E-state index contributed by atoms with van der Waals surface area (Å²) in [6.45, 7) is 6.55. The summed E-state index contributed by atoms with van der Waals surface area (Å²) >= 11 is 7.33. The molecule has 7 heteroatoms. The molecular weight excluding hydrogens is 416 g/mol. The second kappa shape index (κ2) is 11.0. The summed E-state index contributed by atoms with van der Waals surface area (Å²) in [6.07, 6.45) is 5.19. The van der Waals surface area contributed by atoms with Gasteiger partial charge in [0.05, 0.1) is 5.75 Å². The third kappa shape index (κ3) is 5.97. The topological polar surface area (TPSA) is 59.8 Å². The summed E-state index contributed by atoms with van der Waals surface area (Å²) in [4.78, 5) is 12.4. The highest BCUT2D eigenvalue weighted by atomic mass is 35.5. The second-order valence-corrected chi connectivity index (χ2v) is 8.23. The highest BCUT2D eigenvalue weighted by Gasteiger charge is 2.15. The third-order valence-electron chi connectivity index (χ3n) is 4.52. The molecule has 0 fully saturated rings. The summed E-state index contributed by atoms with van der Waals surface area (Å²) in [5.74, 6) is 0.882. The molecule has 30 heavy (non-hydrogen) atoms. The Morgan fingerprint density at radius 3 is 2.57 bits per heavy atom. The van der Waals surface area contributed by atoms with Crippen LogP contribution in [0.15, 0.2) is 66.3 Å². The molecule has 1 heterocycles. The first-order valence-corrected chi connectivity index (χ1v) is 11.3. The number of carbonyl (C=O) groups excluding carboxylic acids is 1. The molecule has 3 rings (SSSR count). The van der Waals surface area contributed by atoms with Crippen molar-refractivity contribution < 1.29 is 4.79 Å². The van der Waals surface area contributed by atoms with Crippen LogP contribution >= 0.6 is 23.4 Å². The minimum absolute atomic E-state index is 0.0810. The van der Waals surface area contributed by atoms with Gasteiger partial charge in [-0.05, 0) is 54.8 Å². The van der Waals surface area contributed by atoms with Gasteiger partial charge in [-0.3, -0.25) is 9.36 Å². The SMILES string of the molecule is C=CCn1c(SCC(=O)Nc2ccc(CCCC)cc2)nnc1-c1ccc(Cl)cc1. The van der Waals surface area contributed by atoms with Crippen molar-refractivity contribution in [1.29, 1.82) is 0 Å². The van der Waals surface area contributed by atoms with Gasteiger partial charge < -0.3 is 5.32 Å². The van der Waals surface area contributed by atoms with Gasteiger partial charge in [0.25, 0.3) is 0 Å². The molecule has 0 bridgehead atoms. The molecule has 0 aliphatic heterocycles. The number of hydrogen-bond acceptors (Lipinski definition) is 4. The van der Waals surface area contributed by atoms with Crippen molar-refractivity contribution in [2.75, 3.05) is 11.1 Å². The Labute approximate surface area is 186 Å². The zero-order chi connectivity index (χ0) is 21.3. The predicted molar refractivity (Wildman–Crippen MR) is 125 cm³/mol. The maximum Gasteiger partial charge on any atom is 0.234 e.